The van der Waals surface area contributed by atoms with Crippen LogP contribution in [0.25, 0.3) is 0 Å². The van der Waals surface area contributed by atoms with Gasteiger partial charge < -0.3 is 11.1 Å². The highest BCUT2D eigenvalue weighted by Crippen LogP contribution is 2.24. The molecule has 0 aromatic rings. The maximum absolute atomic E-state index is 12.3. The fourth-order valence-corrected chi connectivity index (χ4v) is 3.03. The topological polar surface area (TPSA) is 55.1 Å². The molecule has 3 N–H and O–H groups in total. The van der Waals surface area contributed by atoms with Crippen molar-refractivity contribution in [2.45, 2.75) is 71.3 Å². The third-order valence-electron chi connectivity index (χ3n) is 3.96. The lowest BCUT2D eigenvalue weighted by Gasteiger charge is -2.32. The lowest BCUT2D eigenvalue weighted by molar-refractivity contribution is -0.127. The Morgan fingerprint density at radius 3 is 2.21 bits per heavy atom. The van der Waals surface area contributed by atoms with Crippen molar-refractivity contribution in [1.29, 1.82) is 0 Å². The average Bonchev–Trinajstić information content (AvgIpc) is 2.56. The highest BCUT2D eigenvalue weighted by atomic mass is 35.5. The zero-order valence-electron chi connectivity index (χ0n) is 12.7. The molecule has 0 spiro atoms. The van der Waals surface area contributed by atoms with E-state index < -0.39 is 0 Å². The number of nitrogens with two attached hydrogens (primary N) is 1. The summed E-state index contributed by atoms with van der Waals surface area (Å²) in [6, 6.07) is 0. The Balaban J connectivity index is 0.00000324. The molecule has 4 heteroatoms. The molecule has 0 bridgehead atoms. The molecule has 1 saturated carbocycles. The fraction of sp³-hybridized carbons (Fsp3) is 0.933. The van der Waals surface area contributed by atoms with E-state index in [2.05, 4.69) is 26.1 Å². The van der Waals surface area contributed by atoms with E-state index in [1.807, 2.05) is 0 Å². The number of amides is 1. The molecule has 114 valence electrons. The van der Waals surface area contributed by atoms with E-state index in [0.717, 1.165) is 19.3 Å². The number of hydrogen-bond donors (Lipinski definition) is 2. The van der Waals surface area contributed by atoms with E-state index in [1.165, 1.54) is 25.7 Å². The summed E-state index contributed by atoms with van der Waals surface area (Å²) in [6.45, 7) is 6.93. The van der Waals surface area contributed by atoms with Crippen molar-refractivity contribution in [3.8, 4) is 0 Å². The van der Waals surface area contributed by atoms with Crippen LogP contribution in [0.3, 0.4) is 0 Å². The largest absolute Gasteiger partial charge is 0.349 e. The van der Waals surface area contributed by atoms with Crippen LogP contribution in [0.15, 0.2) is 0 Å². The molecule has 0 aromatic heterocycles. The van der Waals surface area contributed by atoms with Crippen LogP contribution in [0.5, 0.6) is 0 Å². The molecule has 0 heterocycles. The van der Waals surface area contributed by atoms with Gasteiger partial charge in [0, 0.05) is 18.0 Å². The first-order valence-corrected chi connectivity index (χ1v) is 7.49. The van der Waals surface area contributed by atoms with Gasteiger partial charge in [-0.2, -0.15) is 0 Å². The van der Waals surface area contributed by atoms with Crippen LogP contribution in [0.4, 0.5) is 0 Å². The minimum atomic E-state index is -0.239. The van der Waals surface area contributed by atoms with Crippen LogP contribution < -0.4 is 11.1 Å². The van der Waals surface area contributed by atoms with E-state index in [4.69, 9.17) is 5.73 Å². The van der Waals surface area contributed by atoms with Crippen LogP contribution >= 0.6 is 12.4 Å². The van der Waals surface area contributed by atoms with Crippen molar-refractivity contribution < 1.29 is 4.79 Å². The third kappa shape index (κ3) is 6.62. The van der Waals surface area contributed by atoms with Crippen molar-refractivity contribution in [3.63, 3.8) is 0 Å². The summed E-state index contributed by atoms with van der Waals surface area (Å²) in [7, 11) is 0. The summed E-state index contributed by atoms with van der Waals surface area (Å²) in [4.78, 5) is 12.3. The molecule has 1 atom stereocenters. The van der Waals surface area contributed by atoms with E-state index in [-0.39, 0.29) is 29.8 Å². The number of carbonyl (C=O) groups excluding carboxylic acids is 1. The Labute approximate surface area is 124 Å². The van der Waals surface area contributed by atoms with Gasteiger partial charge >= 0.3 is 0 Å². The summed E-state index contributed by atoms with van der Waals surface area (Å²) in [5.74, 6) is 0.990. The second kappa shape index (κ2) is 8.80. The molecule has 0 aliphatic heterocycles. The predicted octanol–water partition coefficient (Wildman–Crippen LogP) is 3.26. The van der Waals surface area contributed by atoms with Gasteiger partial charge in [0.15, 0.2) is 0 Å². The molecule has 1 aliphatic rings. The molecule has 19 heavy (non-hydrogen) atoms. The van der Waals surface area contributed by atoms with Crippen LogP contribution in [0.1, 0.15) is 65.7 Å². The molecule has 0 saturated heterocycles. The Morgan fingerprint density at radius 2 is 1.79 bits per heavy atom. The standard InChI is InChI=1S/C15H30N2O.ClH/c1-12(2)10-15(3,11-16)17-14(18)13-8-6-4-5-7-9-13;/h12-13H,4-11,16H2,1-3H3,(H,17,18);1H. The van der Waals surface area contributed by atoms with Gasteiger partial charge in [0.2, 0.25) is 5.91 Å². The van der Waals surface area contributed by atoms with Gasteiger partial charge in [0.1, 0.15) is 0 Å². The smallest absolute Gasteiger partial charge is 0.223 e. The van der Waals surface area contributed by atoms with E-state index in [0.29, 0.717) is 12.5 Å². The zero-order chi connectivity index (χ0) is 13.6. The zero-order valence-corrected chi connectivity index (χ0v) is 13.5. The summed E-state index contributed by atoms with van der Waals surface area (Å²) in [6.07, 6.45) is 8.00. The number of halogens is 1. The van der Waals surface area contributed by atoms with Gasteiger partial charge in [-0.25, -0.2) is 0 Å². The minimum Gasteiger partial charge on any atom is -0.349 e. The van der Waals surface area contributed by atoms with Crippen LogP contribution in [0.2, 0.25) is 0 Å². The highest BCUT2D eigenvalue weighted by Gasteiger charge is 2.29. The molecule has 3 nitrogen and oxygen atoms in total. The SMILES string of the molecule is CC(C)CC(C)(CN)NC(=O)C1CCCCCC1.Cl. The van der Waals surface area contributed by atoms with E-state index in [9.17, 15) is 4.79 Å². The summed E-state index contributed by atoms with van der Waals surface area (Å²) >= 11 is 0. The highest BCUT2D eigenvalue weighted by molar-refractivity contribution is 5.85. The lowest BCUT2D eigenvalue weighted by Crippen LogP contribution is -2.53. The van der Waals surface area contributed by atoms with Crippen molar-refractivity contribution in [2.24, 2.45) is 17.6 Å². The molecule has 1 unspecified atom stereocenters. The molecule has 0 aromatic carbocycles. The summed E-state index contributed by atoms with van der Waals surface area (Å²) in [5.41, 5.74) is 5.61. The fourth-order valence-electron chi connectivity index (χ4n) is 3.03. The maximum Gasteiger partial charge on any atom is 0.223 e. The molecule has 1 aliphatic carbocycles. The molecule has 1 rings (SSSR count). The molecule has 1 amide bonds. The Bertz CT molecular complexity index is 263. The normalized spacial score (nSPS) is 20.3. The number of hydrogen-bond acceptors (Lipinski definition) is 2. The molecule has 0 radical (unpaired) electrons. The van der Waals surface area contributed by atoms with Crippen molar-refractivity contribution >= 4 is 18.3 Å². The van der Waals surface area contributed by atoms with Gasteiger partial charge in [0.05, 0.1) is 0 Å². The van der Waals surface area contributed by atoms with Crippen LogP contribution in [-0.4, -0.2) is 18.0 Å². The van der Waals surface area contributed by atoms with Crippen molar-refractivity contribution in [2.75, 3.05) is 6.54 Å². The van der Waals surface area contributed by atoms with Crippen LogP contribution in [-0.2, 0) is 4.79 Å². The lowest BCUT2D eigenvalue weighted by atomic mass is 9.89. The summed E-state index contributed by atoms with van der Waals surface area (Å²) < 4.78 is 0. The average molecular weight is 291 g/mol. The number of nitrogens with one attached hydrogen (secondary N) is 1. The van der Waals surface area contributed by atoms with Gasteiger partial charge in [0.25, 0.3) is 0 Å². The van der Waals surface area contributed by atoms with Crippen molar-refractivity contribution in [1.82, 2.24) is 5.32 Å². The molecular weight excluding hydrogens is 260 g/mol. The second-order valence-corrected chi connectivity index (χ2v) is 6.54. The second-order valence-electron chi connectivity index (χ2n) is 6.54. The quantitative estimate of drug-likeness (QED) is 0.764. The van der Waals surface area contributed by atoms with Gasteiger partial charge in [-0.15, -0.1) is 12.4 Å². The third-order valence-corrected chi connectivity index (χ3v) is 3.96. The maximum atomic E-state index is 12.3. The van der Waals surface area contributed by atoms with Gasteiger partial charge in [-0.05, 0) is 32.1 Å². The van der Waals surface area contributed by atoms with E-state index in [1.54, 1.807) is 0 Å². The van der Waals surface area contributed by atoms with Gasteiger partial charge in [-0.1, -0.05) is 39.5 Å². The van der Waals surface area contributed by atoms with Gasteiger partial charge in [-0.3, -0.25) is 4.79 Å². The molecular formula is C15H31ClN2O. The first-order chi connectivity index (χ1) is 8.47. The number of rotatable bonds is 5. The first-order valence-electron chi connectivity index (χ1n) is 7.49. The van der Waals surface area contributed by atoms with Crippen molar-refractivity contribution in [3.05, 3.63) is 0 Å². The first kappa shape index (κ1) is 18.7. The monoisotopic (exact) mass is 290 g/mol. The minimum absolute atomic E-state index is 0. The van der Waals surface area contributed by atoms with E-state index >= 15 is 0 Å². The Hall–Kier alpha value is -0.280. The van der Waals surface area contributed by atoms with Crippen LogP contribution in [0, 0.1) is 11.8 Å². The summed E-state index contributed by atoms with van der Waals surface area (Å²) in [5, 5.41) is 3.21. The Kier molecular flexibility index (Phi) is 8.67. The number of carbonyl (C=O) groups is 1. The molecule has 1 fully saturated rings. The predicted molar refractivity (Wildman–Crippen MR) is 83.5 cm³/mol. The Morgan fingerprint density at radius 1 is 1.26 bits per heavy atom.